The van der Waals surface area contributed by atoms with E-state index in [1.165, 1.54) is 12.8 Å². The van der Waals surface area contributed by atoms with E-state index in [0.29, 0.717) is 5.56 Å². The highest BCUT2D eigenvalue weighted by molar-refractivity contribution is 5.89. The van der Waals surface area contributed by atoms with Crippen LogP contribution in [0.15, 0.2) is 30.3 Å². The van der Waals surface area contributed by atoms with E-state index < -0.39 is 0 Å². The van der Waals surface area contributed by atoms with Crippen molar-refractivity contribution in [1.82, 2.24) is 4.90 Å². The number of carbonyl (C=O) groups excluding carboxylic acids is 1. The lowest BCUT2D eigenvalue weighted by atomic mass is 9.78. The molecule has 1 heterocycles. The number of ether oxygens (including phenoxy) is 1. The number of esters is 1. The third kappa shape index (κ3) is 4.35. The summed E-state index contributed by atoms with van der Waals surface area (Å²) in [4.78, 5) is 14.9. The molecule has 1 aromatic carbocycles. The highest BCUT2D eigenvalue weighted by Gasteiger charge is 2.46. The normalized spacial score (nSPS) is 21.1. The number of unbranched alkanes of at least 4 members (excludes halogenated alkanes) is 1. The van der Waals surface area contributed by atoms with Gasteiger partial charge in [-0.25, -0.2) is 4.79 Å². The molecule has 0 N–H and O–H groups in total. The van der Waals surface area contributed by atoms with E-state index in [2.05, 4.69) is 39.5 Å². The lowest BCUT2D eigenvalue weighted by Crippen LogP contribution is -2.62. The van der Waals surface area contributed by atoms with Crippen LogP contribution >= 0.6 is 0 Å². The van der Waals surface area contributed by atoms with E-state index in [4.69, 9.17) is 4.74 Å². The highest BCUT2D eigenvalue weighted by Crippen LogP contribution is 2.39. The number of benzene rings is 1. The molecule has 0 saturated carbocycles. The topological polar surface area (TPSA) is 29.5 Å². The van der Waals surface area contributed by atoms with Crippen LogP contribution in [-0.2, 0) is 4.74 Å². The molecule has 1 saturated heterocycles. The third-order valence-corrected chi connectivity index (χ3v) is 4.93. The molecule has 0 aromatic heterocycles. The van der Waals surface area contributed by atoms with E-state index in [1.807, 2.05) is 30.3 Å². The van der Waals surface area contributed by atoms with Gasteiger partial charge < -0.3 is 4.74 Å². The number of rotatable bonds is 5. The van der Waals surface area contributed by atoms with Gasteiger partial charge in [0.05, 0.1) is 5.56 Å². The molecular formula is C20H31NO2. The number of carbonyl (C=O) groups is 1. The van der Waals surface area contributed by atoms with Gasteiger partial charge in [-0.1, -0.05) is 31.5 Å². The molecule has 0 spiro atoms. The first-order valence-corrected chi connectivity index (χ1v) is 8.80. The van der Waals surface area contributed by atoms with E-state index in [0.717, 1.165) is 19.4 Å². The molecular weight excluding hydrogens is 286 g/mol. The standard InChI is InChI=1S/C20H31NO2/c1-6-7-13-21-19(2,3)14-17(15-20(21,4)5)23-18(22)16-11-9-8-10-12-16/h8-12,17H,6-7,13-15H2,1-5H3. The average molecular weight is 317 g/mol. The van der Waals surface area contributed by atoms with Crippen LogP contribution in [0.5, 0.6) is 0 Å². The smallest absolute Gasteiger partial charge is 0.338 e. The van der Waals surface area contributed by atoms with Crippen LogP contribution in [0.4, 0.5) is 0 Å². The summed E-state index contributed by atoms with van der Waals surface area (Å²) >= 11 is 0. The fraction of sp³-hybridized carbons (Fsp3) is 0.650. The zero-order valence-electron chi connectivity index (χ0n) is 15.3. The predicted octanol–water partition coefficient (Wildman–Crippen LogP) is 4.67. The Morgan fingerprint density at radius 2 is 1.70 bits per heavy atom. The fourth-order valence-corrected chi connectivity index (χ4v) is 4.02. The van der Waals surface area contributed by atoms with Crippen molar-refractivity contribution >= 4 is 5.97 Å². The molecule has 0 unspecified atom stereocenters. The van der Waals surface area contributed by atoms with Crippen molar-refractivity contribution in [2.24, 2.45) is 0 Å². The van der Waals surface area contributed by atoms with Gasteiger partial charge in [-0.15, -0.1) is 0 Å². The summed E-state index contributed by atoms with van der Waals surface area (Å²) < 4.78 is 5.84. The van der Waals surface area contributed by atoms with Gasteiger partial charge in [0.15, 0.2) is 0 Å². The number of likely N-dealkylation sites (tertiary alicyclic amines) is 1. The molecule has 0 bridgehead atoms. The quantitative estimate of drug-likeness (QED) is 0.739. The van der Waals surface area contributed by atoms with E-state index >= 15 is 0 Å². The van der Waals surface area contributed by atoms with Crippen LogP contribution in [0.1, 0.15) is 70.7 Å². The van der Waals surface area contributed by atoms with E-state index in [-0.39, 0.29) is 23.2 Å². The van der Waals surface area contributed by atoms with Crippen molar-refractivity contribution in [2.75, 3.05) is 6.54 Å². The number of hydrogen-bond donors (Lipinski definition) is 0. The maximum Gasteiger partial charge on any atom is 0.338 e. The zero-order valence-corrected chi connectivity index (χ0v) is 15.3. The van der Waals surface area contributed by atoms with Gasteiger partial charge in [-0.05, 0) is 52.8 Å². The largest absolute Gasteiger partial charge is 0.459 e. The van der Waals surface area contributed by atoms with Crippen molar-refractivity contribution in [1.29, 1.82) is 0 Å². The van der Waals surface area contributed by atoms with Crippen molar-refractivity contribution in [2.45, 2.75) is 77.5 Å². The maximum absolute atomic E-state index is 12.4. The van der Waals surface area contributed by atoms with Crippen LogP contribution in [-0.4, -0.2) is 34.6 Å². The molecule has 128 valence electrons. The molecule has 0 amide bonds. The minimum Gasteiger partial charge on any atom is -0.459 e. The van der Waals surface area contributed by atoms with Crippen molar-refractivity contribution in [3.8, 4) is 0 Å². The van der Waals surface area contributed by atoms with Gasteiger partial charge in [0.25, 0.3) is 0 Å². The number of piperidine rings is 1. The first kappa shape index (κ1) is 18.0. The predicted molar refractivity (Wildman–Crippen MR) is 94.7 cm³/mol. The second-order valence-electron chi connectivity index (χ2n) is 7.93. The summed E-state index contributed by atoms with van der Waals surface area (Å²) in [6.07, 6.45) is 4.17. The van der Waals surface area contributed by atoms with Gasteiger partial charge >= 0.3 is 5.97 Å². The fourth-order valence-electron chi connectivity index (χ4n) is 4.02. The average Bonchev–Trinajstić information content (AvgIpc) is 2.46. The summed E-state index contributed by atoms with van der Waals surface area (Å²) in [5.74, 6) is -0.204. The van der Waals surface area contributed by atoms with Gasteiger partial charge in [0.1, 0.15) is 6.10 Å². The van der Waals surface area contributed by atoms with Gasteiger partial charge in [-0.2, -0.15) is 0 Å². The Labute approximate surface area is 141 Å². The number of hydrogen-bond acceptors (Lipinski definition) is 3. The SMILES string of the molecule is CCCCN1C(C)(C)CC(OC(=O)c2ccccc2)CC1(C)C. The summed E-state index contributed by atoms with van der Waals surface area (Å²) in [5.41, 5.74) is 0.716. The van der Waals surface area contributed by atoms with Crippen LogP contribution < -0.4 is 0 Å². The minimum atomic E-state index is -0.204. The molecule has 3 heteroatoms. The Morgan fingerprint density at radius 3 is 2.22 bits per heavy atom. The summed E-state index contributed by atoms with van der Waals surface area (Å²) in [6.45, 7) is 12.4. The third-order valence-electron chi connectivity index (χ3n) is 4.93. The van der Waals surface area contributed by atoms with Crippen LogP contribution in [0.2, 0.25) is 0 Å². The Hall–Kier alpha value is -1.35. The first-order valence-electron chi connectivity index (χ1n) is 8.80. The molecule has 23 heavy (non-hydrogen) atoms. The highest BCUT2D eigenvalue weighted by atomic mass is 16.5. The van der Waals surface area contributed by atoms with Crippen molar-refractivity contribution in [3.05, 3.63) is 35.9 Å². The van der Waals surface area contributed by atoms with Gasteiger partial charge in [-0.3, -0.25) is 4.90 Å². The van der Waals surface area contributed by atoms with Crippen LogP contribution in [0.25, 0.3) is 0 Å². The second kappa shape index (κ2) is 7.04. The van der Waals surface area contributed by atoms with Crippen LogP contribution in [0.3, 0.4) is 0 Å². The summed E-state index contributed by atoms with van der Waals surface area (Å²) in [6, 6.07) is 9.29. The van der Waals surface area contributed by atoms with Gasteiger partial charge in [0, 0.05) is 23.9 Å². The van der Waals surface area contributed by atoms with E-state index in [9.17, 15) is 4.79 Å². The molecule has 1 aliphatic heterocycles. The maximum atomic E-state index is 12.4. The van der Waals surface area contributed by atoms with Crippen molar-refractivity contribution < 1.29 is 9.53 Å². The first-order chi connectivity index (χ1) is 10.8. The summed E-state index contributed by atoms with van der Waals surface area (Å²) in [7, 11) is 0. The Balaban J connectivity index is 2.08. The van der Waals surface area contributed by atoms with Crippen LogP contribution in [0, 0.1) is 0 Å². The van der Waals surface area contributed by atoms with Gasteiger partial charge in [0.2, 0.25) is 0 Å². The second-order valence-corrected chi connectivity index (χ2v) is 7.93. The monoisotopic (exact) mass is 317 g/mol. The molecule has 1 aromatic rings. The van der Waals surface area contributed by atoms with E-state index in [1.54, 1.807) is 0 Å². The number of nitrogens with zero attached hydrogens (tertiary/aromatic N) is 1. The Kier molecular flexibility index (Phi) is 5.51. The molecule has 0 radical (unpaired) electrons. The Morgan fingerprint density at radius 1 is 1.13 bits per heavy atom. The van der Waals surface area contributed by atoms with Crippen molar-refractivity contribution in [3.63, 3.8) is 0 Å². The lowest BCUT2D eigenvalue weighted by molar-refractivity contribution is -0.0873. The molecule has 0 aliphatic carbocycles. The summed E-state index contributed by atoms with van der Waals surface area (Å²) in [5, 5.41) is 0. The lowest BCUT2D eigenvalue weighted by Gasteiger charge is -2.55. The molecule has 3 nitrogen and oxygen atoms in total. The molecule has 0 atom stereocenters. The molecule has 2 rings (SSSR count). The minimum absolute atomic E-state index is 0.0226. The molecule has 1 aliphatic rings. The zero-order chi connectivity index (χ0) is 17.1. The Bertz CT molecular complexity index is 504. The molecule has 1 fully saturated rings.